The van der Waals surface area contributed by atoms with Crippen LogP contribution in [0, 0.1) is 5.82 Å². The molecule has 0 aliphatic heterocycles. The lowest BCUT2D eigenvalue weighted by Crippen LogP contribution is -2.13. The molecule has 0 saturated heterocycles. The van der Waals surface area contributed by atoms with Gasteiger partial charge in [0.15, 0.2) is 0 Å². The van der Waals surface area contributed by atoms with Gasteiger partial charge in [0.25, 0.3) is 0 Å². The summed E-state index contributed by atoms with van der Waals surface area (Å²) >= 11 is 0. The van der Waals surface area contributed by atoms with E-state index in [1.165, 1.54) is 52.3 Å². The molecule has 4 rings (SSSR count). The monoisotopic (exact) mass is 332 g/mol. The van der Waals surface area contributed by atoms with Crippen molar-refractivity contribution in [3.05, 3.63) is 82.7 Å². The van der Waals surface area contributed by atoms with Crippen LogP contribution in [-0.4, -0.2) is 0 Å². The summed E-state index contributed by atoms with van der Waals surface area (Å²) in [6.45, 7) is 2.24. The van der Waals surface area contributed by atoms with Gasteiger partial charge in [0.1, 0.15) is 5.82 Å². The minimum atomic E-state index is -0.113. The molecule has 1 atom stereocenters. The van der Waals surface area contributed by atoms with Crippen LogP contribution in [0.25, 0.3) is 10.8 Å². The molecule has 3 aromatic carbocycles. The van der Waals surface area contributed by atoms with Gasteiger partial charge in [0.05, 0.1) is 0 Å². The quantitative estimate of drug-likeness (QED) is 0.505. The fraction of sp³-hybridized carbons (Fsp3) is 0.333. The smallest absolute Gasteiger partial charge is 0.123 e. The summed E-state index contributed by atoms with van der Waals surface area (Å²) in [5.41, 5.74) is 5.33. The van der Waals surface area contributed by atoms with E-state index >= 15 is 0 Å². The highest BCUT2D eigenvalue weighted by Crippen LogP contribution is 2.34. The first kappa shape index (κ1) is 16.3. The van der Waals surface area contributed by atoms with Crippen LogP contribution in [-0.2, 0) is 19.3 Å². The minimum absolute atomic E-state index is 0.113. The van der Waals surface area contributed by atoms with Crippen molar-refractivity contribution in [2.45, 2.75) is 51.4 Å². The van der Waals surface area contributed by atoms with E-state index in [1.807, 2.05) is 6.07 Å². The van der Waals surface area contributed by atoms with E-state index in [0.29, 0.717) is 5.92 Å². The maximum Gasteiger partial charge on any atom is 0.123 e. The summed E-state index contributed by atoms with van der Waals surface area (Å²) in [6, 6.07) is 19.0. The number of benzene rings is 3. The van der Waals surface area contributed by atoms with Gasteiger partial charge in [-0.2, -0.15) is 0 Å². The van der Waals surface area contributed by atoms with Gasteiger partial charge in [0.2, 0.25) is 0 Å². The van der Waals surface area contributed by atoms with Crippen LogP contribution in [0.1, 0.15) is 54.4 Å². The zero-order valence-corrected chi connectivity index (χ0v) is 14.9. The molecule has 0 amide bonds. The Balaban J connectivity index is 1.59. The molecule has 1 aliphatic carbocycles. The Morgan fingerprint density at radius 3 is 2.64 bits per heavy atom. The van der Waals surface area contributed by atoms with Gasteiger partial charge in [-0.1, -0.05) is 55.8 Å². The van der Waals surface area contributed by atoms with Crippen molar-refractivity contribution in [2.75, 3.05) is 0 Å². The number of unbranched alkanes of at least 4 members (excludes halogenated alkanes) is 1. The lowest BCUT2D eigenvalue weighted by Gasteiger charge is -2.25. The van der Waals surface area contributed by atoms with Crippen molar-refractivity contribution in [2.24, 2.45) is 0 Å². The summed E-state index contributed by atoms with van der Waals surface area (Å²) < 4.78 is 13.6. The molecule has 0 N–H and O–H groups in total. The van der Waals surface area contributed by atoms with E-state index in [9.17, 15) is 4.39 Å². The third kappa shape index (κ3) is 3.46. The van der Waals surface area contributed by atoms with E-state index in [4.69, 9.17) is 0 Å². The Bertz CT molecular complexity index is 894. The molecule has 1 heteroatoms. The van der Waals surface area contributed by atoms with Crippen LogP contribution in [0.2, 0.25) is 0 Å². The lowest BCUT2D eigenvalue weighted by molar-refractivity contribution is 0.572. The molecule has 0 spiro atoms. The number of halogens is 1. The zero-order chi connectivity index (χ0) is 17.2. The average Bonchev–Trinajstić information content (AvgIpc) is 2.65. The van der Waals surface area contributed by atoms with E-state index in [-0.39, 0.29) is 5.82 Å². The van der Waals surface area contributed by atoms with Crippen LogP contribution < -0.4 is 0 Å². The van der Waals surface area contributed by atoms with Crippen LogP contribution in [0.15, 0.2) is 54.6 Å². The second-order valence-corrected chi connectivity index (χ2v) is 7.40. The predicted octanol–water partition coefficient (Wildman–Crippen LogP) is 6.59. The van der Waals surface area contributed by atoms with Crippen molar-refractivity contribution >= 4 is 10.8 Å². The van der Waals surface area contributed by atoms with Gasteiger partial charge in [0, 0.05) is 0 Å². The Morgan fingerprint density at radius 2 is 1.76 bits per heavy atom. The third-order valence-corrected chi connectivity index (χ3v) is 5.62. The molecular weight excluding hydrogens is 307 g/mol. The molecule has 0 fully saturated rings. The molecule has 0 aromatic heterocycles. The molecule has 0 nitrogen and oxygen atoms in total. The van der Waals surface area contributed by atoms with Crippen molar-refractivity contribution in [1.82, 2.24) is 0 Å². The van der Waals surface area contributed by atoms with Crippen molar-refractivity contribution in [3.8, 4) is 0 Å². The molecular formula is C24H25F. The number of aryl methyl sites for hydroxylation is 2. The summed E-state index contributed by atoms with van der Waals surface area (Å²) in [7, 11) is 0. The van der Waals surface area contributed by atoms with E-state index in [1.54, 1.807) is 12.1 Å². The molecule has 3 aromatic rings. The highest BCUT2D eigenvalue weighted by atomic mass is 19.1. The second-order valence-electron chi connectivity index (χ2n) is 7.40. The van der Waals surface area contributed by atoms with Gasteiger partial charge < -0.3 is 0 Å². The average molecular weight is 332 g/mol. The maximum absolute atomic E-state index is 13.6. The molecule has 1 aliphatic rings. The summed E-state index contributed by atoms with van der Waals surface area (Å²) in [5, 5.41) is 2.65. The SMILES string of the molecule is CCCCc1ccc2cc(C3CCc4ccc(F)cc4C3)ccc2c1. The van der Waals surface area contributed by atoms with E-state index in [2.05, 4.69) is 43.3 Å². The summed E-state index contributed by atoms with van der Waals surface area (Å²) in [4.78, 5) is 0. The molecule has 0 bridgehead atoms. The van der Waals surface area contributed by atoms with Gasteiger partial charge in [-0.05, 0) is 83.2 Å². The zero-order valence-electron chi connectivity index (χ0n) is 14.9. The van der Waals surface area contributed by atoms with Crippen molar-refractivity contribution in [1.29, 1.82) is 0 Å². The predicted molar refractivity (Wildman–Crippen MR) is 104 cm³/mol. The first-order valence-electron chi connectivity index (χ1n) is 9.53. The fourth-order valence-corrected chi connectivity index (χ4v) is 4.11. The van der Waals surface area contributed by atoms with E-state index in [0.717, 1.165) is 19.3 Å². The molecule has 128 valence electrons. The van der Waals surface area contributed by atoms with Gasteiger partial charge in [-0.25, -0.2) is 4.39 Å². The van der Waals surface area contributed by atoms with Gasteiger partial charge in [-0.15, -0.1) is 0 Å². The topological polar surface area (TPSA) is 0 Å². The maximum atomic E-state index is 13.6. The number of rotatable bonds is 4. The molecule has 0 heterocycles. The Hall–Kier alpha value is -2.15. The number of hydrogen-bond donors (Lipinski definition) is 0. The first-order valence-corrected chi connectivity index (χ1v) is 9.53. The minimum Gasteiger partial charge on any atom is -0.207 e. The Morgan fingerprint density at radius 1 is 0.920 bits per heavy atom. The Labute approximate surface area is 149 Å². The summed E-state index contributed by atoms with van der Waals surface area (Å²) in [6.07, 6.45) is 6.81. The van der Waals surface area contributed by atoms with Crippen molar-refractivity contribution in [3.63, 3.8) is 0 Å². The van der Waals surface area contributed by atoms with E-state index < -0.39 is 0 Å². The molecule has 1 unspecified atom stereocenters. The summed E-state index contributed by atoms with van der Waals surface area (Å²) in [5.74, 6) is 0.385. The molecule has 25 heavy (non-hydrogen) atoms. The normalized spacial score (nSPS) is 16.8. The highest BCUT2D eigenvalue weighted by Gasteiger charge is 2.20. The molecule has 0 saturated carbocycles. The van der Waals surface area contributed by atoms with Crippen LogP contribution in [0.4, 0.5) is 4.39 Å². The van der Waals surface area contributed by atoms with Gasteiger partial charge >= 0.3 is 0 Å². The van der Waals surface area contributed by atoms with Gasteiger partial charge in [-0.3, -0.25) is 0 Å². The largest absolute Gasteiger partial charge is 0.207 e. The molecule has 0 radical (unpaired) electrons. The Kier molecular flexibility index (Phi) is 4.57. The fourth-order valence-electron chi connectivity index (χ4n) is 4.11. The van der Waals surface area contributed by atoms with Crippen LogP contribution >= 0.6 is 0 Å². The standard InChI is InChI=1S/C24H25F/c1-2-3-4-17-5-6-20-14-21(10-9-19(20)13-17)22-8-7-18-11-12-24(25)16-23(18)15-22/h5-6,9-14,16,22H,2-4,7-8,15H2,1H3. The van der Waals surface area contributed by atoms with Crippen LogP contribution in [0.5, 0.6) is 0 Å². The second kappa shape index (κ2) is 7.00. The third-order valence-electron chi connectivity index (χ3n) is 5.62. The number of fused-ring (bicyclic) bond motifs is 2. The lowest BCUT2D eigenvalue weighted by atomic mass is 9.80. The van der Waals surface area contributed by atoms with Crippen LogP contribution in [0.3, 0.4) is 0 Å². The van der Waals surface area contributed by atoms with Crippen molar-refractivity contribution < 1.29 is 4.39 Å². The number of hydrogen-bond acceptors (Lipinski definition) is 0. The highest BCUT2D eigenvalue weighted by molar-refractivity contribution is 5.84. The first-order chi connectivity index (χ1) is 12.2.